The van der Waals surface area contributed by atoms with E-state index in [2.05, 4.69) is 21.2 Å². The van der Waals surface area contributed by atoms with Crippen LogP contribution in [0.25, 0.3) is 6.08 Å². The Morgan fingerprint density at radius 3 is 2.62 bits per heavy atom. The highest BCUT2D eigenvalue weighted by Crippen LogP contribution is 2.27. The van der Waals surface area contributed by atoms with Gasteiger partial charge in [0, 0.05) is 5.69 Å². The molecule has 0 aliphatic carbocycles. The number of phenolic OH excluding ortho intramolecular Hbond substituents is 1. The molecule has 122 valence electrons. The van der Waals surface area contributed by atoms with E-state index in [0.29, 0.717) is 23.6 Å². The second-order valence-electron chi connectivity index (χ2n) is 4.79. The van der Waals surface area contributed by atoms with Gasteiger partial charge in [-0.3, -0.25) is 4.79 Å². The van der Waals surface area contributed by atoms with E-state index in [-0.39, 0.29) is 11.3 Å². The lowest BCUT2D eigenvalue weighted by Crippen LogP contribution is -2.13. The average Bonchev–Trinajstić information content (AvgIpc) is 2.57. The Morgan fingerprint density at radius 1 is 1.33 bits per heavy atom. The van der Waals surface area contributed by atoms with Gasteiger partial charge in [0.1, 0.15) is 23.1 Å². The van der Waals surface area contributed by atoms with Crippen molar-refractivity contribution in [3.8, 4) is 17.6 Å². The summed E-state index contributed by atoms with van der Waals surface area (Å²) in [5, 5.41) is 21.1. The number of benzene rings is 2. The summed E-state index contributed by atoms with van der Waals surface area (Å²) < 4.78 is 6.17. The molecule has 2 aromatic rings. The molecule has 0 fully saturated rings. The zero-order chi connectivity index (χ0) is 17.5. The van der Waals surface area contributed by atoms with Crippen LogP contribution < -0.4 is 10.1 Å². The molecule has 2 aromatic carbocycles. The average molecular weight is 387 g/mol. The van der Waals surface area contributed by atoms with E-state index < -0.39 is 5.91 Å². The minimum atomic E-state index is -0.520. The summed E-state index contributed by atoms with van der Waals surface area (Å²) in [5.74, 6) is 0.276. The number of nitrogens with zero attached hydrogens (tertiary/aromatic N) is 1. The predicted octanol–water partition coefficient (Wildman–Crippen LogP) is 4.10. The zero-order valence-corrected chi connectivity index (χ0v) is 14.5. The third kappa shape index (κ3) is 4.61. The summed E-state index contributed by atoms with van der Waals surface area (Å²) in [6, 6.07) is 13.2. The third-order valence-corrected chi connectivity index (χ3v) is 3.68. The van der Waals surface area contributed by atoms with Crippen LogP contribution in [0.15, 0.2) is 52.5 Å². The number of phenols is 1. The number of carbonyl (C=O) groups is 1. The second kappa shape index (κ2) is 8.18. The Hall–Kier alpha value is -2.78. The normalized spacial score (nSPS) is 10.8. The van der Waals surface area contributed by atoms with E-state index in [0.717, 1.165) is 4.47 Å². The molecule has 0 atom stereocenters. The van der Waals surface area contributed by atoms with Gasteiger partial charge in [-0.05, 0) is 70.9 Å². The first-order valence-corrected chi connectivity index (χ1v) is 7.97. The van der Waals surface area contributed by atoms with Crippen LogP contribution in [0.5, 0.6) is 11.5 Å². The summed E-state index contributed by atoms with van der Waals surface area (Å²) in [6.07, 6.45) is 1.50. The van der Waals surface area contributed by atoms with Gasteiger partial charge in [-0.15, -0.1) is 0 Å². The van der Waals surface area contributed by atoms with Crippen molar-refractivity contribution >= 4 is 33.6 Å². The van der Waals surface area contributed by atoms with Gasteiger partial charge in [0.25, 0.3) is 5.91 Å². The fourth-order valence-corrected chi connectivity index (χ4v) is 2.45. The van der Waals surface area contributed by atoms with Gasteiger partial charge in [-0.25, -0.2) is 0 Å². The van der Waals surface area contributed by atoms with Gasteiger partial charge in [-0.1, -0.05) is 6.07 Å². The van der Waals surface area contributed by atoms with E-state index in [1.54, 1.807) is 30.3 Å². The standard InChI is InChI=1S/C18H15BrN2O3/c1-2-24-17-8-3-12(10-16(17)19)9-13(11-20)18(23)21-14-4-6-15(22)7-5-14/h3-10,22H,2H2,1H3,(H,21,23)/b13-9+. The molecule has 0 saturated heterocycles. The Morgan fingerprint density at radius 2 is 2.04 bits per heavy atom. The highest BCUT2D eigenvalue weighted by atomic mass is 79.9. The minimum Gasteiger partial charge on any atom is -0.508 e. The monoisotopic (exact) mass is 386 g/mol. The quantitative estimate of drug-likeness (QED) is 0.460. The Kier molecular flexibility index (Phi) is 5.99. The van der Waals surface area contributed by atoms with Crippen LogP contribution in [-0.2, 0) is 4.79 Å². The molecule has 0 heterocycles. The number of aromatic hydroxyl groups is 1. The first-order chi connectivity index (χ1) is 11.5. The number of nitrogens with one attached hydrogen (secondary N) is 1. The van der Waals surface area contributed by atoms with E-state index in [9.17, 15) is 15.2 Å². The van der Waals surface area contributed by atoms with Gasteiger partial charge in [0.15, 0.2) is 0 Å². The third-order valence-electron chi connectivity index (χ3n) is 3.06. The molecule has 0 aromatic heterocycles. The topological polar surface area (TPSA) is 82.3 Å². The summed E-state index contributed by atoms with van der Waals surface area (Å²) in [7, 11) is 0. The number of halogens is 1. The number of nitriles is 1. The smallest absolute Gasteiger partial charge is 0.266 e. The first-order valence-electron chi connectivity index (χ1n) is 7.18. The molecule has 0 aliphatic heterocycles. The van der Waals surface area contributed by atoms with Crippen LogP contribution >= 0.6 is 15.9 Å². The highest BCUT2D eigenvalue weighted by Gasteiger charge is 2.10. The fourth-order valence-electron chi connectivity index (χ4n) is 1.94. The Balaban J connectivity index is 2.19. The van der Waals surface area contributed by atoms with Gasteiger partial charge in [-0.2, -0.15) is 5.26 Å². The van der Waals surface area contributed by atoms with Gasteiger partial charge < -0.3 is 15.2 Å². The van der Waals surface area contributed by atoms with Crippen molar-refractivity contribution in [3.63, 3.8) is 0 Å². The Labute approximate surface area is 148 Å². The van der Waals surface area contributed by atoms with Crippen LogP contribution in [0.1, 0.15) is 12.5 Å². The van der Waals surface area contributed by atoms with Crippen LogP contribution in [0.3, 0.4) is 0 Å². The molecule has 0 radical (unpaired) electrons. The number of rotatable bonds is 5. The number of hydrogen-bond donors (Lipinski definition) is 2. The van der Waals surface area contributed by atoms with Crippen molar-refractivity contribution in [2.75, 3.05) is 11.9 Å². The summed E-state index contributed by atoms with van der Waals surface area (Å²) in [6.45, 7) is 2.44. The number of anilines is 1. The van der Waals surface area contributed by atoms with Crippen LogP contribution in [0.4, 0.5) is 5.69 Å². The van der Waals surface area contributed by atoms with Crippen LogP contribution in [-0.4, -0.2) is 17.6 Å². The number of ether oxygens (including phenoxy) is 1. The van der Waals surface area contributed by atoms with Crippen LogP contribution in [0.2, 0.25) is 0 Å². The molecule has 2 N–H and O–H groups in total. The molecule has 5 nitrogen and oxygen atoms in total. The fraction of sp³-hybridized carbons (Fsp3) is 0.111. The van der Waals surface area contributed by atoms with Gasteiger partial charge >= 0.3 is 0 Å². The second-order valence-corrected chi connectivity index (χ2v) is 5.65. The van der Waals surface area contributed by atoms with Crippen molar-refractivity contribution in [1.29, 1.82) is 5.26 Å². The molecule has 0 unspecified atom stereocenters. The molecule has 0 spiro atoms. The van der Waals surface area contributed by atoms with Crippen molar-refractivity contribution in [2.24, 2.45) is 0 Å². The number of amides is 1. The molecular formula is C18H15BrN2O3. The van der Waals surface area contributed by atoms with Crippen molar-refractivity contribution in [2.45, 2.75) is 6.92 Å². The maximum Gasteiger partial charge on any atom is 0.266 e. The lowest BCUT2D eigenvalue weighted by molar-refractivity contribution is -0.112. The molecule has 6 heteroatoms. The lowest BCUT2D eigenvalue weighted by atomic mass is 10.1. The van der Waals surface area contributed by atoms with E-state index in [1.807, 2.05) is 13.0 Å². The number of hydrogen-bond acceptors (Lipinski definition) is 4. The molecule has 2 rings (SSSR count). The first kappa shape index (κ1) is 17.6. The molecular weight excluding hydrogens is 372 g/mol. The van der Waals surface area contributed by atoms with Crippen LogP contribution in [0, 0.1) is 11.3 Å². The minimum absolute atomic E-state index is 0.0286. The molecule has 1 amide bonds. The predicted molar refractivity (Wildman–Crippen MR) is 95.6 cm³/mol. The van der Waals surface area contributed by atoms with E-state index >= 15 is 0 Å². The molecule has 24 heavy (non-hydrogen) atoms. The zero-order valence-electron chi connectivity index (χ0n) is 12.9. The molecule has 0 bridgehead atoms. The SMILES string of the molecule is CCOc1ccc(/C=C(\C#N)C(=O)Nc2ccc(O)cc2)cc1Br. The van der Waals surface area contributed by atoms with Gasteiger partial charge in [0.2, 0.25) is 0 Å². The lowest BCUT2D eigenvalue weighted by Gasteiger charge is -2.07. The summed E-state index contributed by atoms with van der Waals surface area (Å²) in [4.78, 5) is 12.2. The van der Waals surface area contributed by atoms with Crippen molar-refractivity contribution in [3.05, 3.63) is 58.1 Å². The molecule has 0 aliphatic rings. The largest absolute Gasteiger partial charge is 0.508 e. The highest BCUT2D eigenvalue weighted by molar-refractivity contribution is 9.10. The van der Waals surface area contributed by atoms with E-state index in [4.69, 9.17) is 4.74 Å². The van der Waals surface area contributed by atoms with E-state index in [1.165, 1.54) is 18.2 Å². The molecule has 0 saturated carbocycles. The maximum absolute atomic E-state index is 12.2. The van der Waals surface area contributed by atoms with Crippen molar-refractivity contribution < 1.29 is 14.6 Å². The maximum atomic E-state index is 12.2. The number of carbonyl (C=O) groups excluding carboxylic acids is 1. The van der Waals surface area contributed by atoms with Gasteiger partial charge in [0.05, 0.1) is 11.1 Å². The summed E-state index contributed by atoms with van der Waals surface area (Å²) in [5.41, 5.74) is 1.16. The Bertz CT molecular complexity index is 808. The summed E-state index contributed by atoms with van der Waals surface area (Å²) >= 11 is 3.40. The van der Waals surface area contributed by atoms with Crippen molar-refractivity contribution in [1.82, 2.24) is 0 Å².